The highest BCUT2D eigenvalue weighted by atomic mass is 16.1. The number of aryl methyl sites for hydroxylation is 2. The van der Waals surface area contributed by atoms with Gasteiger partial charge in [0.1, 0.15) is 0 Å². The Hall–Kier alpha value is -2.30. The minimum absolute atomic E-state index is 0.158. The van der Waals surface area contributed by atoms with Crippen LogP contribution in [0.4, 0.5) is 11.5 Å². The average Bonchev–Trinajstić information content (AvgIpc) is 2.75. The molecule has 0 aliphatic heterocycles. The van der Waals surface area contributed by atoms with E-state index in [2.05, 4.69) is 15.7 Å². The third-order valence-electron chi connectivity index (χ3n) is 2.74. The average molecular weight is 258 g/mol. The van der Waals surface area contributed by atoms with Gasteiger partial charge in [-0.3, -0.25) is 9.48 Å². The molecular formula is C14H18N4O. The third-order valence-corrected chi connectivity index (χ3v) is 2.74. The largest absolute Gasteiger partial charge is 0.385 e. The lowest BCUT2D eigenvalue weighted by molar-refractivity contribution is 0.102. The summed E-state index contributed by atoms with van der Waals surface area (Å²) in [7, 11) is 1.81. The smallest absolute Gasteiger partial charge is 0.258 e. The first-order chi connectivity index (χ1) is 9.10. The van der Waals surface area contributed by atoms with Gasteiger partial charge in [-0.25, -0.2) is 0 Å². The fourth-order valence-corrected chi connectivity index (χ4v) is 1.86. The van der Waals surface area contributed by atoms with E-state index >= 15 is 0 Å². The molecule has 0 fully saturated rings. The molecule has 2 N–H and O–H groups in total. The molecule has 0 atom stereocenters. The summed E-state index contributed by atoms with van der Waals surface area (Å²) in [5, 5.41) is 10.1. The van der Waals surface area contributed by atoms with Crippen molar-refractivity contribution in [3.05, 3.63) is 41.6 Å². The van der Waals surface area contributed by atoms with Crippen LogP contribution in [0.1, 0.15) is 22.8 Å². The second-order valence-corrected chi connectivity index (χ2v) is 4.41. The summed E-state index contributed by atoms with van der Waals surface area (Å²) >= 11 is 0. The number of benzene rings is 1. The molecule has 5 nitrogen and oxygen atoms in total. The zero-order valence-electron chi connectivity index (χ0n) is 11.4. The highest BCUT2D eigenvalue weighted by Crippen LogP contribution is 2.18. The molecular weight excluding hydrogens is 240 g/mol. The summed E-state index contributed by atoms with van der Waals surface area (Å²) in [5.41, 5.74) is 2.58. The molecule has 1 aromatic heterocycles. The van der Waals surface area contributed by atoms with Gasteiger partial charge in [0.15, 0.2) is 5.82 Å². The van der Waals surface area contributed by atoms with E-state index in [4.69, 9.17) is 0 Å². The van der Waals surface area contributed by atoms with Crippen molar-refractivity contribution in [1.29, 1.82) is 0 Å². The zero-order valence-corrected chi connectivity index (χ0v) is 11.4. The van der Waals surface area contributed by atoms with Gasteiger partial charge < -0.3 is 10.6 Å². The Labute approximate surface area is 112 Å². The van der Waals surface area contributed by atoms with Gasteiger partial charge in [-0.2, -0.15) is 5.10 Å². The van der Waals surface area contributed by atoms with Crippen LogP contribution in [0.15, 0.2) is 30.5 Å². The van der Waals surface area contributed by atoms with Crippen molar-refractivity contribution in [2.75, 3.05) is 17.2 Å². The van der Waals surface area contributed by atoms with Crippen molar-refractivity contribution in [2.45, 2.75) is 13.8 Å². The maximum atomic E-state index is 12.2. The molecule has 2 rings (SSSR count). The SMILES string of the molecule is CCNc1cc(C)ccc1C(=O)Nc1ccn(C)n1. The maximum Gasteiger partial charge on any atom is 0.258 e. The molecule has 1 amide bonds. The lowest BCUT2D eigenvalue weighted by Crippen LogP contribution is -2.15. The molecule has 0 saturated carbocycles. The molecule has 19 heavy (non-hydrogen) atoms. The second-order valence-electron chi connectivity index (χ2n) is 4.41. The summed E-state index contributed by atoms with van der Waals surface area (Å²) in [6.45, 7) is 4.78. The molecule has 100 valence electrons. The van der Waals surface area contributed by atoms with Crippen molar-refractivity contribution >= 4 is 17.4 Å². The number of rotatable bonds is 4. The Morgan fingerprint density at radius 1 is 1.37 bits per heavy atom. The Balaban J connectivity index is 2.23. The van der Waals surface area contributed by atoms with E-state index in [1.165, 1.54) is 0 Å². The summed E-state index contributed by atoms with van der Waals surface area (Å²) in [6, 6.07) is 7.48. The Morgan fingerprint density at radius 2 is 2.16 bits per heavy atom. The molecule has 0 spiro atoms. The molecule has 0 radical (unpaired) electrons. The van der Waals surface area contributed by atoms with Crippen LogP contribution in [0.3, 0.4) is 0 Å². The van der Waals surface area contributed by atoms with Gasteiger partial charge in [0.25, 0.3) is 5.91 Å². The minimum atomic E-state index is -0.158. The number of hydrogen-bond acceptors (Lipinski definition) is 3. The van der Waals surface area contributed by atoms with Gasteiger partial charge in [0.2, 0.25) is 0 Å². The highest BCUT2D eigenvalue weighted by molar-refractivity contribution is 6.07. The van der Waals surface area contributed by atoms with Crippen LogP contribution in [0.2, 0.25) is 0 Å². The second kappa shape index (κ2) is 5.56. The first-order valence-corrected chi connectivity index (χ1v) is 6.25. The molecule has 0 aliphatic carbocycles. The molecule has 2 aromatic rings. The van der Waals surface area contributed by atoms with Crippen molar-refractivity contribution in [3.8, 4) is 0 Å². The van der Waals surface area contributed by atoms with Crippen LogP contribution >= 0.6 is 0 Å². The quantitative estimate of drug-likeness (QED) is 0.885. The standard InChI is InChI=1S/C14H18N4O/c1-4-15-12-9-10(2)5-6-11(12)14(19)16-13-7-8-18(3)17-13/h5-9,15H,4H2,1-3H3,(H,16,17,19). The predicted molar refractivity (Wildman–Crippen MR) is 76.5 cm³/mol. The number of nitrogens with one attached hydrogen (secondary N) is 2. The number of carbonyl (C=O) groups excluding carboxylic acids is 1. The molecule has 1 heterocycles. The summed E-state index contributed by atoms with van der Waals surface area (Å²) in [6.07, 6.45) is 1.79. The molecule has 0 saturated heterocycles. The van der Waals surface area contributed by atoms with Crippen LogP contribution in [0.5, 0.6) is 0 Å². The maximum absolute atomic E-state index is 12.2. The zero-order chi connectivity index (χ0) is 13.8. The number of hydrogen-bond donors (Lipinski definition) is 2. The monoisotopic (exact) mass is 258 g/mol. The van der Waals surface area contributed by atoms with Gasteiger partial charge in [0.05, 0.1) is 5.56 Å². The molecule has 0 unspecified atom stereocenters. The minimum Gasteiger partial charge on any atom is -0.385 e. The third kappa shape index (κ3) is 3.13. The summed E-state index contributed by atoms with van der Waals surface area (Å²) in [4.78, 5) is 12.2. The van der Waals surface area contributed by atoms with Gasteiger partial charge in [-0.1, -0.05) is 6.07 Å². The van der Waals surface area contributed by atoms with Gasteiger partial charge in [-0.15, -0.1) is 0 Å². The van der Waals surface area contributed by atoms with E-state index in [1.54, 1.807) is 16.9 Å². The highest BCUT2D eigenvalue weighted by Gasteiger charge is 2.12. The Morgan fingerprint density at radius 3 is 2.79 bits per heavy atom. The number of amides is 1. The van der Waals surface area contributed by atoms with E-state index in [1.807, 2.05) is 39.1 Å². The molecule has 5 heteroatoms. The topological polar surface area (TPSA) is 59.0 Å². The number of anilines is 2. The van der Waals surface area contributed by atoms with E-state index in [9.17, 15) is 4.79 Å². The number of aromatic nitrogens is 2. The van der Waals surface area contributed by atoms with Crippen molar-refractivity contribution in [2.24, 2.45) is 7.05 Å². The molecule has 1 aromatic carbocycles. The lowest BCUT2D eigenvalue weighted by atomic mass is 10.1. The van der Waals surface area contributed by atoms with Crippen LogP contribution in [0, 0.1) is 6.92 Å². The lowest BCUT2D eigenvalue weighted by Gasteiger charge is -2.11. The Kier molecular flexibility index (Phi) is 3.85. The molecule has 0 bridgehead atoms. The predicted octanol–water partition coefficient (Wildman–Crippen LogP) is 2.41. The first-order valence-electron chi connectivity index (χ1n) is 6.25. The Bertz CT molecular complexity index is 589. The van der Waals surface area contributed by atoms with Crippen molar-refractivity contribution < 1.29 is 4.79 Å². The van der Waals surface area contributed by atoms with Crippen LogP contribution < -0.4 is 10.6 Å². The summed E-state index contributed by atoms with van der Waals surface area (Å²) in [5.74, 6) is 0.394. The van der Waals surface area contributed by atoms with Gasteiger partial charge in [0, 0.05) is 31.5 Å². The van der Waals surface area contributed by atoms with Gasteiger partial charge >= 0.3 is 0 Å². The fraction of sp³-hybridized carbons (Fsp3) is 0.286. The number of nitrogens with zero attached hydrogens (tertiary/aromatic N) is 2. The van der Waals surface area contributed by atoms with Crippen molar-refractivity contribution in [3.63, 3.8) is 0 Å². The van der Waals surface area contributed by atoms with Crippen LogP contribution in [-0.4, -0.2) is 22.2 Å². The van der Waals surface area contributed by atoms with E-state index < -0.39 is 0 Å². The number of carbonyl (C=O) groups is 1. The summed E-state index contributed by atoms with van der Waals surface area (Å²) < 4.78 is 1.65. The normalized spacial score (nSPS) is 10.3. The van der Waals surface area contributed by atoms with E-state index in [0.717, 1.165) is 17.8 Å². The fourth-order valence-electron chi connectivity index (χ4n) is 1.86. The first kappa shape index (κ1) is 13.1. The van der Waals surface area contributed by atoms with E-state index in [-0.39, 0.29) is 5.91 Å². The van der Waals surface area contributed by atoms with Crippen molar-refractivity contribution in [1.82, 2.24) is 9.78 Å². The van der Waals surface area contributed by atoms with Crippen LogP contribution in [0.25, 0.3) is 0 Å². The molecule has 0 aliphatic rings. The van der Waals surface area contributed by atoms with Gasteiger partial charge in [-0.05, 0) is 31.5 Å². The van der Waals surface area contributed by atoms with E-state index in [0.29, 0.717) is 11.4 Å². The van der Waals surface area contributed by atoms with Crippen LogP contribution in [-0.2, 0) is 7.05 Å².